The van der Waals surface area contributed by atoms with E-state index < -0.39 is 0 Å². The van der Waals surface area contributed by atoms with Gasteiger partial charge in [-0.2, -0.15) is 0 Å². The number of likely N-dealkylation sites (tertiary alicyclic amines) is 1. The van der Waals surface area contributed by atoms with Gasteiger partial charge in [-0.15, -0.1) is 0 Å². The van der Waals surface area contributed by atoms with E-state index in [9.17, 15) is 0 Å². The lowest BCUT2D eigenvalue weighted by molar-refractivity contribution is 0.166. The van der Waals surface area contributed by atoms with Crippen molar-refractivity contribution in [1.82, 2.24) is 19.9 Å². The first-order chi connectivity index (χ1) is 11.3. The van der Waals surface area contributed by atoms with Crippen molar-refractivity contribution in [2.24, 2.45) is 5.92 Å². The zero-order valence-electron chi connectivity index (χ0n) is 14.0. The maximum atomic E-state index is 4.51. The van der Waals surface area contributed by atoms with Crippen LogP contribution in [0, 0.1) is 12.8 Å². The summed E-state index contributed by atoms with van der Waals surface area (Å²) in [4.78, 5) is 15.6. The van der Waals surface area contributed by atoms with Crippen LogP contribution in [-0.2, 0) is 13.0 Å². The van der Waals surface area contributed by atoms with Gasteiger partial charge in [0.25, 0.3) is 0 Å². The van der Waals surface area contributed by atoms with Gasteiger partial charge in [0.2, 0.25) is 0 Å². The van der Waals surface area contributed by atoms with Gasteiger partial charge in [0.1, 0.15) is 5.82 Å². The third-order valence-corrected chi connectivity index (χ3v) is 4.63. The van der Waals surface area contributed by atoms with Crippen molar-refractivity contribution >= 4 is 5.82 Å². The van der Waals surface area contributed by atoms with Crippen molar-refractivity contribution < 1.29 is 0 Å². The Morgan fingerprint density at radius 2 is 2.13 bits per heavy atom. The van der Waals surface area contributed by atoms with Gasteiger partial charge in [0.15, 0.2) is 0 Å². The molecule has 1 aliphatic heterocycles. The van der Waals surface area contributed by atoms with E-state index in [0.29, 0.717) is 5.92 Å². The highest BCUT2D eigenvalue weighted by molar-refractivity contribution is 5.38. The Morgan fingerprint density at radius 1 is 1.26 bits per heavy atom. The SMILES string of the molecule is CNc1nccnc1C[C@H]1CCCN(Cc2ccncc2C)C1. The summed E-state index contributed by atoms with van der Waals surface area (Å²) in [5.41, 5.74) is 3.75. The largest absolute Gasteiger partial charge is 0.372 e. The molecule has 1 atom stereocenters. The molecule has 0 bridgehead atoms. The fourth-order valence-electron chi connectivity index (χ4n) is 3.38. The zero-order valence-corrected chi connectivity index (χ0v) is 14.0. The summed E-state index contributed by atoms with van der Waals surface area (Å²) in [6.07, 6.45) is 10.9. The van der Waals surface area contributed by atoms with E-state index in [0.717, 1.165) is 31.0 Å². The second-order valence-corrected chi connectivity index (χ2v) is 6.35. The maximum Gasteiger partial charge on any atom is 0.147 e. The van der Waals surface area contributed by atoms with Crippen LogP contribution in [0.1, 0.15) is 29.7 Å². The summed E-state index contributed by atoms with van der Waals surface area (Å²) >= 11 is 0. The zero-order chi connectivity index (χ0) is 16.1. The summed E-state index contributed by atoms with van der Waals surface area (Å²) in [5, 5.41) is 3.15. The number of aryl methyl sites for hydroxylation is 1. The first kappa shape index (κ1) is 15.9. The number of rotatable bonds is 5. The number of aromatic nitrogens is 3. The van der Waals surface area contributed by atoms with Crippen LogP contribution in [-0.4, -0.2) is 40.0 Å². The first-order valence-corrected chi connectivity index (χ1v) is 8.35. The van der Waals surface area contributed by atoms with Gasteiger partial charge in [0, 0.05) is 44.9 Å². The predicted octanol–water partition coefficient (Wildman–Crippen LogP) is 2.68. The van der Waals surface area contributed by atoms with Crippen LogP contribution in [0.4, 0.5) is 5.82 Å². The summed E-state index contributed by atoms with van der Waals surface area (Å²) in [5.74, 6) is 1.56. The van der Waals surface area contributed by atoms with E-state index in [1.807, 2.05) is 19.4 Å². The molecular formula is C18H25N5. The van der Waals surface area contributed by atoms with Crippen LogP contribution in [0.3, 0.4) is 0 Å². The number of piperidine rings is 1. The Hall–Kier alpha value is -2.01. The van der Waals surface area contributed by atoms with E-state index in [1.165, 1.54) is 30.5 Å². The van der Waals surface area contributed by atoms with Crippen molar-refractivity contribution in [3.05, 3.63) is 47.7 Å². The van der Waals surface area contributed by atoms with Gasteiger partial charge in [-0.3, -0.25) is 14.9 Å². The molecular weight excluding hydrogens is 286 g/mol. The minimum Gasteiger partial charge on any atom is -0.372 e. The van der Waals surface area contributed by atoms with Crippen LogP contribution < -0.4 is 5.32 Å². The fraction of sp³-hybridized carbons (Fsp3) is 0.500. The minimum atomic E-state index is 0.648. The molecule has 5 heteroatoms. The Kier molecular flexibility index (Phi) is 5.18. The average molecular weight is 311 g/mol. The van der Waals surface area contributed by atoms with Gasteiger partial charge in [0.05, 0.1) is 5.69 Å². The molecule has 0 saturated carbocycles. The van der Waals surface area contributed by atoms with Crippen molar-refractivity contribution in [2.75, 3.05) is 25.5 Å². The van der Waals surface area contributed by atoms with Crippen molar-refractivity contribution in [2.45, 2.75) is 32.7 Å². The monoisotopic (exact) mass is 311 g/mol. The molecule has 0 aliphatic carbocycles. The van der Waals surface area contributed by atoms with Crippen molar-refractivity contribution in [3.8, 4) is 0 Å². The highest BCUT2D eigenvalue weighted by atomic mass is 15.1. The van der Waals surface area contributed by atoms with Crippen LogP contribution in [0.2, 0.25) is 0 Å². The van der Waals surface area contributed by atoms with Crippen LogP contribution in [0.5, 0.6) is 0 Å². The summed E-state index contributed by atoms with van der Waals surface area (Å²) in [7, 11) is 1.91. The van der Waals surface area contributed by atoms with E-state index in [2.05, 4.69) is 38.2 Å². The maximum absolute atomic E-state index is 4.51. The quantitative estimate of drug-likeness (QED) is 0.920. The third-order valence-electron chi connectivity index (χ3n) is 4.63. The predicted molar refractivity (Wildman–Crippen MR) is 92.3 cm³/mol. The Morgan fingerprint density at radius 3 is 2.96 bits per heavy atom. The Labute approximate surface area is 138 Å². The summed E-state index contributed by atoms with van der Waals surface area (Å²) in [6, 6.07) is 2.14. The summed E-state index contributed by atoms with van der Waals surface area (Å²) < 4.78 is 0. The van der Waals surface area contributed by atoms with Gasteiger partial charge in [-0.05, 0) is 55.8 Å². The first-order valence-electron chi connectivity index (χ1n) is 8.35. The molecule has 0 aromatic carbocycles. The van der Waals surface area contributed by atoms with Gasteiger partial charge < -0.3 is 5.32 Å². The van der Waals surface area contributed by atoms with Crippen LogP contribution in [0.15, 0.2) is 30.9 Å². The molecule has 1 fully saturated rings. The molecule has 0 amide bonds. The number of hydrogen-bond acceptors (Lipinski definition) is 5. The minimum absolute atomic E-state index is 0.648. The average Bonchev–Trinajstić information content (AvgIpc) is 2.58. The van der Waals surface area contributed by atoms with Crippen LogP contribution >= 0.6 is 0 Å². The molecule has 1 saturated heterocycles. The molecule has 1 aliphatic rings. The standard InChI is InChI=1S/C18H25N5/c1-14-11-20-6-5-16(14)13-23-9-3-4-15(12-23)10-17-18(19-2)22-8-7-21-17/h5-8,11,15H,3-4,9-10,12-13H2,1-2H3,(H,19,22)/t15-/m1/s1. The lowest BCUT2D eigenvalue weighted by Crippen LogP contribution is -2.36. The van der Waals surface area contributed by atoms with E-state index in [-0.39, 0.29) is 0 Å². The van der Waals surface area contributed by atoms with Gasteiger partial charge in [-0.25, -0.2) is 4.98 Å². The molecule has 5 nitrogen and oxygen atoms in total. The molecule has 0 unspecified atom stereocenters. The molecule has 23 heavy (non-hydrogen) atoms. The lowest BCUT2D eigenvalue weighted by atomic mass is 9.92. The molecule has 3 heterocycles. The molecule has 3 rings (SSSR count). The number of nitrogens with zero attached hydrogens (tertiary/aromatic N) is 4. The Balaban J connectivity index is 1.63. The van der Waals surface area contributed by atoms with E-state index >= 15 is 0 Å². The molecule has 2 aromatic rings. The molecule has 1 N–H and O–H groups in total. The van der Waals surface area contributed by atoms with Crippen molar-refractivity contribution in [1.29, 1.82) is 0 Å². The third kappa shape index (κ3) is 4.05. The van der Waals surface area contributed by atoms with Crippen molar-refractivity contribution in [3.63, 3.8) is 0 Å². The Bertz CT molecular complexity index is 643. The molecule has 0 spiro atoms. The number of nitrogens with one attached hydrogen (secondary N) is 1. The topological polar surface area (TPSA) is 53.9 Å². The molecule has 0 radical (unpaired) electrons. The van der Waals surface area contributed by atoms with Crippen LogP contribution in [0.25, 0.3) is 0 Å². The highest BCUT2D eigenvalue weighted by Crippen LogP contribution is 2.24. The fourth-order valence-corrected chi connectivity index (χ4v) is 3.38. The van der Waals surface area contributed by atoms with Gasteiger partial charge >= 0.3 is 0 Å². The molecule has 2 aromatic heterocycles. The second-order valence-electron chi connectivity index (χ2n) is 6.35. The normalized spacial score (nSPS) is 18.8. The van der Waals surface area contributed by atoms with Gasteiger partial charge in [-0.1, -0.05) is 0 Å². The second kappa shape index (κ2) is 7.51. The lowest BCUT2D eigenvalue weighted by Gasteiger charge is -2.33. The smallest absolute Gasteiger partial charge is 0.147 e. The summed E-state index contributed by atoms with van der Waals surface area (Å²) in [6.45, 7) is 5.46. The molecule has 122 valence electrons. The van der Waals surface area contributed by atoms with E-state index in [4.69, 9.17) is 0 Å². The number of hydrogen-bond donors (Lipinski definition) is 1. The number of anilines is 1. The highest BCUT2D eigenvalue weighted by Gasteiger charge is 2.22. The van der Waals surface area contributed by atoms with E-state index in [1.54, 1.807) is 12.4 Å². The number of pyridine rings is 1.